The molecule has 6 aromatic rings. The minimum atomic E-state index is -1.06. The zero-order valence-electron chi connectivity index (χ0n) is 39.2. The minimum absolute atomic E-state index is 0.0380. The van der Waals surface area contributed by atoms with Crippen molar-refractivity contribution < 1.29 is 47.7 Å². The average Bonchev–Trinajstić information content (AvgIpc) is 3.77. The summed E-state index contributed by atoms with van der Waals surface area (Å²) in [5.74, 6) is -2.29. The maximum atomic E-state index is 13.8. The Bertz CT molecular complexity index is 2940. The Labute approximate surface area is 403 Å². The molecule has 2 aliphatic heterocycles. The lowest BCUT2D eigenvalue weighted by Crippen LogP contribution is -2.54. The Morgan fingerprint density at radius 1 is 0.928 bits per heavy atom. The lowest BCUT2D eigenvalue weighted by atomic mass is 9.98. The molecule has 4 heterocycles. The number of rotatable bonds is 16. The second-order valence-electron chi connectivity index (χ2n) is 17.2. The third-order valence-corrected chi connectivity index (χ3v) is 13.1. The number of carboxylic acid groups (broad SMARTS) is 1. The Balaban J connectivity index is 0.000000247. The first-order chi connectivity index (χ1) is 33.1. The summed E-state index contributed by atoms with van der Waals surface area (Å²) in [6.45, 7) is 10.9. The van der Waals surface area contributed by atoms with Crippen molar-refractivity contribution in [1.82, 2.24) is 34.4 Å². The number of nitrogens with zero attached hydrogens (tertiary/aromatic N) is 6. The van der Waals surface area contributed by atoms with Gasteiger partial charge in [-0.3, -0.25) is 43.8 Å². The number of halogens is 2. The normalized spacial score (nSPS) is 15.4. The lowest BCUT2D eigenvalue weighted by molar-refractivity contribution is -0.139. The van der Waals surface area contributed by atoms with E-state index in [4.69, 9.17) is 21.1 Å². The SMILES string of the molecule is Cc1cccc(OCC=O)c1C(=O)N(C=O)C1CCC(=O)NC1=O.Cc1nn(C)c(C)c1-c1c(Cl)ccc2c(CCCOc3cccc4cc(F)ccc34)c(C(=O)O)n(CCN3CCN(C)CC3)c12. The predicted molar refractivity (Wildman–Crippen MR) is 258 cm³/mol. The molecule has 2 fully saturated rings. The van der Waals surface area contributed by atoms with Crippen molar-refractivity contribution in [3.8, 4) is 22.6 Å². The molecule has 2 saturated heterocycles. The molecule has 16 nitrogen and oxygen atoms in total. The third kappa shape index (κ3) is 10.9. The number of amides is 4. The van der Waals surface area contributed by atoms with Crippen LogP contribution in [0.1, 0.15) is 62.6 Å². The van der Waals surface area contributed by atoms with Gasteiger partial charge in [-0.05, 0) is 100.0 Å². The molecule has 4 amide bonds. The highest BCUT2D eigenvalue weighted by Crippen LogP contribution is 2.42. The van der Waals surface area contributed by atoms with Gasteiger partial charge in [0, 0.05) is 80.3 Å². The van der Waals surface area contributed by atoms with Gasteiger partial charge in [-0.1, -0.05) is 41.9 Å². The molecule has 0 spiro atoms. The molecule has 1 atom stereocenters. The number of hydrogen-bond donors (Lipinski definition) is 2. The first kappa shape index (κ1) is 49.9. The second-order valence-corrected chi connectivity index (χ2v) is 17.6. The molecular formula is C51H55ClFN7O9. The van der Waals surface area contributed by atoms with Crippen LogP contribution in [0.4, 0.5) is 4.39 Å². The summed E-state index contributed by atoms with van der Waals surface area (Å²) in [5.41, 5.74) is 6.10. The van der Waals surface area contributed by atoms with Crippen molar-refractivity contribution >= 4 is 69.7 Å². The highest BCUT2D eigenvalue weighted by atomic mass is 35.5. The fourth-order valence-electron chi connectivity index (χ4n) is 9.18. The monoisotopic (exact) mass is 963 g/mol. The molecule has 0 radical (unpaired) electrons. The summed E-state index contributed by atoms with van der Waals surface area (Å²) in [6.07, 6.45) is 2.00. The van der Waals surface area contributed by atoms with E-state index in [0.717, 1.165) is 87.4 Å². The van der Waals surface area contributed by atoms with Crippen molar-refractivity contribution in [2.75, 3.05) is 53.0 Å². The van der Waals surface area contributed by atoms with Crippen molar-refractivity contribution in [1.29, 1.82) is 0 Å². The van der Waals surface area contributed by atoms with E-state index >= 15 is 0 Å². The van der Waals surface area contributed by atoms with E-state index in [1.807, 2.05) is 60.5 Å². The highest BCUT2D eigenvalue weighted by Gasteiger charge is 2.36. The number of piperazine rings is 1. The smallest absolute Gasteiger partial charge is 0.352 e. The standard InChI is InChI=1S/C35H39ClFN5O3.C16H16N2O6/c1-22-31(23(2)40(4)38-22)32-29(36)13-12-28-27(8-6-20-45-30-9-5-7-24-21-25(37)10-11-26(24)30)34(35(43)44)42(33(28)32)19-18-41-16-14-39(3)15-17-41;1-10-3-2-4-12(24-8-7-19)14(10)16(23)18(9-20)11-5-6-13(21)17-15(11)22/h5,7,9-13,21H,6,8,14-20H2,1-4H3,(H,43,44);2-4,7,9,11H,5-6,8H2,1H3,(H,17,21,22). The van der Waals surface area contributed by atoms with E-state index in [1.54, 1.807) is 25.1 Å². The van der Waals surface area contributed by atoms with Crippen molar-refractivity contribution in [2.45, 2.75) is 59.0 Å². The predicted octanol–water partition coefficient (Wildman–Crippen LogP) is 6.54. The number of aromatic carboxylic acids is 1. The summed E-state index contributed by atoms with van der Waals surface area (Å²) in [6, 6.07) is 17.8. The summed E-state index contributed by atoms with van der Waals surface area (Å²) >= 11 is 6.96. The van der Waals surface area contributed by atoms with Crippen LogP contribution in [0.5, 0.6) is 11.5 Å². The topological polar surface area (TPSA) is 186 Å². The Morgan fingerprint density at radius 3 is 2.33 bits per heavy atom. The number of aryl methyl sites for hydroxylation is 4. The maximum Gasteiger partial charge on any atom is 0.352 e. The molecule has 0 saturated carbocycles. The van der Waals surface area contributed by atoms with Crippen molar-refractivity contribution in [2.24, 2.45) is 7.05 Å². The van der Waals surface area contributed by atoms with Gasteiger partial charge in [0.1, 0.15) is 35.7 Å². The van der Waals surface area contributed by atoms with Crippen LogP contribution in [0.15, 0.2) is 66.7 Å². The molecule has 4 aromatic carbocycles. The molecule has 2 aromatic heterocycles. The molecule has 69 heavy (non-hydrogen) atoms. The van der Waals surface area contributed by atoms with Crippen LogP contribution in [0.25, 0.3) is 32.8 Å². The Hall–Kier alpha value is -6.95. The van der Waals surface area contributed by atoms with Gasteiger partial charge < -0.3 is 24.0 Å². The molecule has 0 bridgehead atoms. The molecular weight excluding hydrogens is 909 g/mol. The number of imide groups is 2. The average molecular weight is 964 g/mol. The number of carbonyl (C=O) groups is 6. The van der Waals surface area contributed by atoms with E-state index in [1.165, 1.54) is 18.2 Å². The quantitative estimate of drug-likeness (QED) is 0.0608. The number of hydrogen-bond acceptors (Lipinski definition) is 11. The fourth-order valence-corrected chi connectivity index (χ4v) is 9.43. The van der Waals surface area contributed by atoms with Crippen LogP contribution in [-0.4, -0.2) is 130 Å². The van der Waals surface area contributed by atoms with Crippen LogP contribution >= 0.6 is 11.6 Å². The Kier molecular flexibility index (Phi) is 15.9. The van der Waals surface area contributed by atoms with E-state index in [2.05, 4.69) is 27.3 Å². The molecule has 2 aliphatic rings. The van der Waals surface area contributed by atoms with Gasteiger partial charge in [0.05, 0.1) is 28.4 Å². The van der Waals surface area contributed by atoms with Crippen LogP contribution in [-0.2, 0) is 39.2 Å². The van der Waals surface area contributed by atoms with E-state index in [0.29, 0.717) is 54.3 Å². The number of ether oxygens (including phenoxy) is 2. The van der Waals surface area contributed by atoms with Gasteiger partial charge in [0.25, 0.3) is 5.91 Å². The number of nitrogens with one attached hydrogen (secondary N) is 1. The number of carboxylic acids is 1. The van der Waals surface area contributed by atoms with Gasteiger partial charge in [-0.2, -0.15) is 5.10 Å². The van der Waals surface area contributed by atoms with Crippen LogP contribution in [0.3, 0.4) is 0 Å². The first-order valence-electron chi connectivity index (χ1n) is 22.7. The highest BCUT2D eigenvalue weighted by molar-refractivity contribution is 6.35. The zero-order valence-corrected chi connectivity index (χ0v) is 40.0. The molecule has 8 rings (SSSR count). The third-order valence-electron chi connectivity index (χ3n) is 12.8. The molecule has 18 heteroatoms. The number of fused-ring (bicyclic) bond motifs is 2. The largest absolute Gasteiger partial charge is 0.493 e. The van der Waals surface area contributed by atoms with Crippen molar-refractivity contribution in [3.63, 3.8) is 0 Å². The van der Waals surface area contributed by atoms with Gasteiger partial charge in [0.15, 0.2) is 6.29 Å². The number of aromatic nitrogens is 3. The molecule has 362 valence electrons. The van der Waals surface area contributed by atoms with Gasteiger partial charge >= 0.3 is 5.97 Å². The van der Waals surface area contributed by atoms with Gasteiger partial charge in [0.2, 0.25) is 18.2 Å². The van der Waals surface area contributed by atoms with Gasteiger partial charge in [-0.15, -0.1) is 0 Å². The maximum absolute atomic E-state index is 13.8. The van der Waals surface area contributed by atoms with E-state index in [9.17, 15) is 38.3 Å². The van der Waals surface area contributed by atoms with Crippen LogP contribution in [0, 0.1) is 26.6 Å². The summed E-state index contributed by atoms with van der Waals surface area (Å²) in [7, 11) is 4.04. The number of benzene rings is 4. The van der Waals surface area contributed by atoms with Crippen molar-refractivity contribution in [3.05, 3.63) is 111 Å². The van der Waals surface area contributed by atoms with Gasteiger partial charge in [-0.25, -0.2) is 9.18 Å². The molecule has 0 aliphatic carbocycles. The number of aldehydes is 1. The van der Waals surface area contributed by atoms with Crippen LogP contribution in [0.2, 0.25) is 5.02 Å². The fraction of sp³-hybridized carbons (Fsp3) is 0.353. The number of likely N-dealkylation sites (N-methyl/N-ethyl adjacent to an activating group) is 1. The summed E-state index contributed by atoms with van der Waals surface area (Å²) in [5, 5.41) is 20.5. The van der Waals surface area contributed by atoms with Crippen LogP contribution < -0.4 is 14.8 Å². The molecule has 2 N–H and O–H groups in total. The van der Waals surface area contributed by atoms with E-state index in [-0.39, 0.29) is 43.0 Å². The lowest BCUT2D eigenvalue weighted by Gasteiger charge is -2.32. The summed E-state index contributed by atoms with van der Waals surface area (Å²) in [4.78, 5) is 76.3. The second kappa shape index (κ2) is 22.0. The number of piperidine rings is 1. The first-order valence-corrected chi connectivity index (χ1v) is 23.1. The molecule has 1 unspecified atom stereocenters. The summed E-state index contributed by atoms with van der Waals surface area (Å²) < 4.78 is 29.0. The Morgan fingerprint density at radius 2 is 1.65 bits per heavy atom. The number of carbonyl (C=O) groups excluding carboxylic acids is 5. The van der Waals surface area contributed by atoms with E-state index < -0.39 is 29.7 Å². The zero-order chi connectivity index (χ0) is 49.5. The minimum Gasteiger partial charge on any atom is -0.493 e.